The van der Waals surface area contributed by atoms with Gasteiger partial charge in [0.05, 0.1) is 16.1 Å². The highest BCUT2D eigenvalue weighted by molar-refractivity contribution is 7.89. The molecule has 2 heterocycles. The number of piperidine rings is 1. The van der Waals surface area contributed by atoms with Gasteiger partial charge >= 0.3 is 6.01 Å². The van der Waals surface area contributed by atoms with Crippen LogP contribution in [0.1, 0.15) is 25.3 Å². The maximum Gasteiger partial charge on any atom is 0.322 e. The zero-order valence-electron chi connectivity index (χ0n) is 18.4. The lowest BCUT2D eigenvalue weighted by molar-refractivity contribution is -0.384. The number of nitrogens with one attached hydrogen (secondary N) is 1. The van der Waals surface area contributed by atoms with Crippen LogP contribution in [0.3, 0.4) is 0 Å². The Labute approximate surface area is 196 Å². The summed E-state index contributed by atoms with van der Waals surface area (Å²) in [6.07, 6.45) is 0.571. The first-order valence-electron chi connectivity index (χ1n) is 10.7. The number of sulfonamides is 1. The van der Waals surface area contributed by atoms with Crippen molar-refractivity contribution in [2.24, 2.45) is 0 Å². The number of hydrogen-bond acceptors (Lipinski definition) is 8. The molecule has 1 fully saturated rings. The molecular formula is C22H23N5O6S. The summed E-state index contributed by atoms with van der Waals surface area (Å²) in [6, 6.07) is 14.8. The summed E-state index contributed by atoms with van der Waals surface area (Å²) >= 11 is 0. The van der Waals surface area contributed by atoms with Crippen LogP contribution < -0.4 is 5.32 Å². The number of carbonyl (C=O) groups excluding carboxylic acids is 1. The summed E-state index contributed by atoms with van der Waals surface area (Å²) in [4.78, 5) is 24.0. The summed E-state index contributed by atoms with van der Waals surface area (Å²) < 4.78 is 31.6. The highest BCUT2D eigenvalue weighted by Crippen LogP contribution is 2.37. The van der Waals surface area contributed by atoms with Gasteiger partial charge in [-0.25, -0.2) is 12.7 Å². The second kappa shape index (κ2) is 9.31. The number of rotatable bonds is 7. The van der Waals surface area contributed by atoms with Gasteiger partial charge in [-0.15, -0.1) is 5.10 Å². The van der Waals surface area contributed by atoms with E-state index in [1.807, 2.05) is 30.3 Å². The average Bonchev–Trinajstić information content (AvgIpc) is 3.33. The Morgan fingerprint density at radius 1 is 1.15 bits per heavy atom. The minimum Gasteiger partial charge on any atom is -0.403 e. The quantitative estimate of drug-likeness (QED) is 0.397. The van der Waals surface area contributed by atoms with Crippen molar-refractivity contribution in [1.82, 2.24) is 14.5 Å². The first kappa shape index (κ1) is 23.5. The predicted octanol–water partition coefficient (Wildman–Crippen LogP) is 2.97. The third-order valence-electron chi connectivity index (χ3n) is 6.04. The van der Waals surface area contributed by atoms with Gasteiger partial charge in [0.1, 0.15) is 0 Å². The standard InChI is InChI=1S/C22H23N5O6S/c1-2-34(31,32)26-13-11-22(12-14-26,17-8-4-3-5-9-17)20(28)23-21-25-24-19(33-21)16-7-6-10-18(15-16)27(29)30/h3-10,15H,2,11-14H2,1H3,(H,23,25,28). The lowest BCUT2D eigenvalue weighted by Gasteiger charge is -2.40. The number of benzene rings is 2. The Hall–Kier alpha value is -3.64. The monoisotopic (exact) mass is 485 g/mol. The third-order valence-corrected chi connectivity index (χ3v) is 7.93. The van der Waals surface area contributed by atoms with Crippen molar-refractivity contribution in [2.45, 2.75) is 25.2 Å². The molecule has 4 rings (SSSR count). The SMILES string of the molecule is CCS(=O)(=O)N1CCC(C(=O)Nc2nnc(-c3cccc([N+](=O)[O-])c3)o2)(c2ccccc2)CC1. The van der Waals surface area contributed by atoms with Gasteiger partial charge < -0.3 is 4.42 Å². The van der Waals surface area contributed by atoms with E-state index in [0.717, 1.165) is 5.56 Å². The van der Waals surface area contributed by atoms with Gasteiger partial charge in [-0.1, -0.05) is 41.5 Å². The molecule has 34 heavy (non-hydrogen) atoms. The molecule has 1 aromatic heterocycles. The van der Waals surface area contributed by atoms with Gasteiger partial charge in [0.25, 0.3) is 5.69 Å². The number of hydrogen-bond donors (Lipinski definition) is 1. The van der Waals surface area contributed by atoms with E-state index in [-0.39, 0.29) is 55.2 Å². The average molecular weight is 486 g/mol. The molecule has 1 aliphatic heterocycles. The Kier molecular flexibility index (Phi) is 6.44. The molecule has 2 aromatic carbocycles. The van der Waals surface area contributed by atoms with Gasteiger partial charge in [-0.05, 0) is 31.4 Å². The van der Waals surface area contributed by atoms with Crippen LogP contribution in [0.4, 0.5) is 11.7 Å². The van der Waals surface area contributed by atoms with Crippen LogP contribution in [0.15, 0.2) is 59.0 Å². The van der Waals surface area contributed by atoms with Crippen LogP contribution >= 0.6 is 0 Å². The largest absolute Gasteiger partial charge is 0.403 e. The number of anilines is 1. The summed E-state index contributed by atoms with van der Waals surface area (Å²) in [5, 5.41) is 21.5. The summed E-state index contributed by atoms with van der Waals surface area (Å²) in [6.45, 7) is 2.01. The first-order chi connectivity index (χ1) is 16.2. The van der Waals surface area contributed by atoms with Crippen LogP contribution in [0.2, 0.25) is 0 Å². The summed E-state index contributed by atoms with van der Waals surface area (Å²) in [7, 11) is -3.36. The maximum absolute atomic E-state index is 13.5. The van der Waals surface area contributed by atoms with E-state index in [1.165, 1.54) is 22.5 Å². The molecule has 11 nitrogen and oxygen atoms in total. The number of nitro benzene ring substituents is 1. The van der Waals surface area contributed by atoms with Crippen molar-refractivity contribution >= 4 is 27.6 Å². The molecule has 12 heteroatoms. The molecule has 178 valence electrons. The summed E-state index contributed by atoms with van der Waals surface area (Å²) in [5.74, 6) is -0.363. The highest BCUT2D eigenvalue weighted by atomic mass is 32.2. The summed E-state index contributed by atoms with van der Waals surface area (Å²) in [5.41, 5.74) is -0.00287. The van der Waals surface area contributed by atoms with E-state index in [1.54, 1.807) is 13.0 Å². The van der Waals surface area contributed by atoms with Crippen molar-refractivity contribution in [3.05, 3.63) is 70.3 Å². The van der Waals surface area contributed by atoms with Crippen molar-refractivity contribution < 1.29 is 22.6 Å². The van der Waals surface area contributed by atoms with E-state index in [4.69, 9.17) is 4.42 Å². The fourth-order valence-electron chi connectivity index (χ4n) is 4.09. The van der Waals surface area contributed by atoms with Crippen LogP contribution in [-0.2, 0) is 20.2 Å². The number of aromatic nitrogens is 2. The van der Waals surface area contributed by atoms with Crippen molar-refractivity contribution in [2.75, 3.05) is 24.2 Å². The van der Waals surface area contributed by atoms with Crippen LogP contribution in [0.5, 0.6) is 0 Å². The number of non-ortho nitro benzene ring substituents is 1. The number of nitro groups is 1. The Morgan fingerprint density at radius 3 is 2.50 bits per heavy atom. The zero-order valence-corrected chi connectivity index (χ0v) is 19.2. The molecule has 0 radical (unpaired) electrons. The molecule has 0 spiro atoms. The van der Waals surface area contributed by atoms with Crippen LogP contribution in [-0.4, -0.2) is 52.6 Å². The fraction of sp³-hybridized carbons (Fsp3) is 0.318. The topological polar surface area (TPSA) is 149 Å². The Balaban J connectivity index is 1.58. The molecule has 0 aliphatic carbocycles. The Morgan fingerprint density at radius 2 is 1.85 bits per heavy atom. The van der Waals surface area contributed by atoms with Crippen molar-refractivity contribution in [3.63, 3.8) is 0 Å². The molecule has 0 unspecified atom stereocenters. The molecule has 1 saturated heterocycles. The second-order valence-electron chi connectivity index (χ2n) is 7.92. The van der Waals surface area contributed by atoms with Gasteiger partial charge in [0.15, 0.2) is 0 Å². The molecule has 0 atom stereocenters. The molecule has 0 saturated carbocycles. The minimum atomic E-state index is -3.36. The normalized spacial score (nSPS) is 16.1. The number of amides is 1. The number of nitrogens with zero attached hydrogens (tertiary/aromatic N) is 4. The van der Waals surface area contributed by atoms with Gasteiger partial charge in [-0.3, -0.25) is 20.2 Å². The Bertz CT molecular complexity index is 1300. The van der Waals surface area contributed by atoms with Gasteiger partial charge in [0, 0.05) is 30.8 Å². The van der Waals surface area contributed by atoms with Crippen LogP contribution in [0.25, 0.3) is 11.5 Å². The molecule has 1 aliphatic rings. The molecule has 1 amide bonds. The van der Waals surface area contributed by atoms with Crippen molar-refractivity contribution in [1.29, 1.82) is 0 Å². The minimum absolute atomic E-state index is 0.0000567. The van der Waals surface area contributed by atoms with E-state index in [9.17, 15) is 23.3 Å². The third kappa shape index (κ3) is 4.54. The van der Waals surface area contributed by atoms with E-state index in [0.29, 0.717) is 5.56 Å². The smallest absolute Gasteiger partial charge is 0.322 e. The predicted molar refractivity (Wildman–Crippen MR) is 123 cm³/mol. The fourth-order valence-corrected chi connectivity index (χ4v) is 5.20. The van der Waals surface area contributed by atoms with E-state index >= 15 is 0 Å². The van der Waals surface area contributed by atoms with Crippen molar-refractivity contribution in [3.8, 4) is 11.5 Å². The van der Waals surface area contributed by atoms with Crippen LogP contribution in [0, 0.1) is 10.1 Å². The lowest BCUT2D eigenvalue weighted by atomic mass is 9.72. The molecule has 1 N–H and O–H groups in total. The zero-order chi connectivity index (χ0) is 24.3. The molecular weight excluding hydrogens is 462 g/mol. The maximum atomic E-state index is 13.5. The van der Waals surface area contributed by atoms with E-state index < -0.39 is 20.4 Å². The highest BCUT2D eigenvalue weighted by Gasteiger charge is 2.45. The molecule has 3 aromatic rings. The lowest BCUT2D eigenvalue weighted by Crippen LogP contribution is -2.51. The number of carbonyl (C=O) groups is 1. The second-order valence-corrected chi connectivity index (χ2v) is 10.2. The van der Waals surface area contributed by atoms with Gasteiger partial charge in [-0.2, -0.15) is 0 Å². The van der Waals surface area contributed by atoms with E-state index in [2.05, 4.69) is 15.5 Å². The molecule has 0 bridgehead atoms. The van der Waals surface area contributed by atoms with Gasteiger partial charge in [0.2, 0.25) is 21.8 Å². The first-order valence-corrected chi connectivity index (χ1v) is 12.3.